The highest BCUT2D eigenvalue weighted by molar-refractivity contribution is 5.85. The molecule has 66 heavy (non-hydrogen) atoms. The van der Waals surface area contributed by atoms with Gasteiger partial charge in [0.15, 0.2) is 0 Å². The topological polar surface area (TPSA) is 214 Å². The summed E-state index contributed by atoms with van der Waals surface area (Å²) < 4.78 is 32.0. The summed E-state index contributed by atoms with van der Waals surface area (Å²) in [7, 11) is 0. The summed E-state index contributed by atoms with van der Waals surface area (Å²) in [5, 5.41) is 16.8. The van der Waals surface area contributed by atoms with Crippen LogP contribution < -0.4 is 16.0 Å². The molecule has 0 radical (unpaired) electrons. The van der Waals surface area contributed by atoms with Crippen LogP contribution in [0.2, 0.25) is 0 Å². The third-order valence-electron chi connectivity index (χ3n) is 10.4. The highest BCUT2D eigenvalue weighted by atomic mass is 16.5. The minimum Gasteiger partial charge on any atom is -0.481 e. The molecule has 0 aliphatic carbocycles. The van der Waals surface area contributed by atoms with E-state index in [4.69, 9.17) is 33.5 Å². The van der Waals surface area contributed by atoms with E-state index in [9.17, 15) is 28.8 Å². The Kier molecular flexibility index (Phi) is 35.0. The lowest BCUT2D eigenvalue weighted by Crippen LogP contribution is -2.42. The Morgan fingerprint density at radius 1 is 0.455 bits per heavy atom. The molecule has 16 heteroatoms. The number of carbonyl (C=O) groups is 6. The van der Waals surface area contributed by atoms with Crippen LogP contribution in [0.3, 0.4) is 0 Å². The predicted molar refractivity (Wildman–Crippen MR) is 249 cm³/mol. The molecule has 0 aliphatic heterocycles. The second-order valence-electron chi connectivity index (χ2n) is 16.1. The Hall–Kier alpha value is -4.90. The van der Waals surface area contributed by atoms with Crippen molar-refractivity contribution >= 4 is 35.6 Å². The minimum absolute atomic E-state index is 0.00475. The number of hydrogen-bond donors (Lipinski definition) is 4. The van der Waals surface area contributed by atoms with Gasteiger partial charge in [0.1, 0.15) is 25.9 Å². The maximum absolute atomic E-state index is 13.1. The molecule has 0 bridgehead atoms. The van der Waals surface area contributed by atoms with E-state index in [1.165, 1.54) is 44.9 Å². The van der Waals surface area contributed by atoms with E-state index in [-0.39, 0.29) is 102 Å². The third-order valence-corrected chi connectivity index (χ3v) is 10.4. The van der Waals surface area contributed by atoms with E-state index in [2.05, 4.69) is 16.0 Å². The highest BCUT2D eigenvalue weighted by Crippen LogP contribution is 2.15. The normalized spacial score (nSPS) is 11.4. The van der Waals surface area contributed by atoms with Crippen molar-refractivity contribution in [3.63, 3.8) is 0 Å². The fraction of sp³-hybridized carbons (Fsp3) is 0.640. The zero-order chi connectivity index (χ0) is 47.6. The van der Waals surface area contributed by atoms with Crippen LogP contribution in [-0.2, 0) is 70.4 Å². The van der Waals surface area contributed by atoms with E-state index >= 15 is 0 Å². The van der Waals surface area contributed by atoms with Crippen LogP contribution in [0, 0.1) is 0 Å². The van der Waals surface area contributed by atoms with Gasteiger partial charge in [-0.25, -0.2) is 4.79 Å². The number of aliphatic carboxylic acids is 1. The molecule has 0 spiro atoms. The van der Waals surface area contributed by atoms with Crippen molar-refractivity contribution in [1.29, 1.82) is 0 Å². The third kappa shape index (κ3) is 34.4. The zero-order valence-corrected chi connectivity index (χ0v) is 39.1. The number of nitrogens with one attached hydrogen (secondary N) is 3. The van der Waals surface area contributed by atoms with Gasteiger partial charge < -0.3 is 49.5 Å². The summed E-state index contributed by atoms with van der Waals surface area (Å²) in [5.74, 6) is -2.47. The fourth-order valence-corrected chi connectivity index (χ4v) is 6.64. The number of ether oxygens (including phenoxy) is 6. The van der Waals surface area contributed by atoms with Crippen LogP contribution >= 0.6 is 0 Å². The summed E-state index contributed by atoms with van der Waals surface area (Å²) in [6.45, 7) is 2.38. The van der Waals surface area contributed by atoms with Crippen LogP contribution in [0.4, 0.5) is 0 Å². The Morgan fingerprint density at radius 3 is 1.44 bits per heavy atom. The van der Waals surface area contributed by atoms with Gasteiger partial charge in [-0.2, -0.15) is 0 Å². The second-order valence-corrected chi connectivity index (χ2v) is 16.1. The molecule has 4 N–H and O–H groups in total. The van der Waals surface area contributed by atoms with Crippen molar-refractivity contribution in [3.05, 3.63) is 71.8 Å². The monoisotopic (exact) mass is 928 g/mol. The average Bonchev–Trinajstić information content (AvgIpc) is 3.32. The Balaban J connectivity index is 1.47. The lowest BCUT2D eigenvalue weighted by Gasteiger charge is -2.18. The molecule has 0 fully saturated rings. The molecule has 2 rings (SSSR count). The molecule has 0 saturated carbocycles. The number of benzene rings is 2. The molecular weight excluding hydrogens is 851 g/mol. The van der Waals surface area contributed by atoms with E-state index in [0.29, 0.717) is 32.6 Å². The van der Waals surface area contributed by atoms with E-state index in [1.807, 2.05) is 60.7 Å². The minimum atomic E-state index is -0.956. The van der Waals surface area contributed by atoms with Gasteiger partial charge in [-0.1, -0.05) is 138 Å². The Bertz CT molecular complexity index is 1580. The van der Waals surface area contributed by atoms with Gasteiger partial charge in [-0.15, -0.1) is 0 Å². The summed E-state index contributed by atoms with van der Waals surface area (Å²) in [6.07, 6.45) is 16.3. The van der Waals surface area contributed by atoms with Crippen molar-refractivity contribution in [1.82, 2.24) is 16.0 Å². The lowest BCUT2D eigenvalue weighted by atomic mass is 10.0. The van der Waals surface area contributed by atoms with Gasteiger partial charge >= 0.3 is 17.9 Å². The molecule has 0 heterocycles. The second kappa shape index (κ2) is 40.4. The van der Waals surface area contributed by atoms with Crippen molar-refractivity contribution in [2.24, 2.45) is 0 Å². The summed E-state index contributed by atoms with van der Waals surface area (Å²) in [5.41, 5.74) is 1.83. The molecule has 0 aromatic heterocycles. The van der Waals surface area contributed by atoms with E-state index < -0.39 is 18.0 Å². The first kappa shape index (κ1) is 57.2. The number of rotatable bonds is 43. The molecule has 0 aliphatic rings. The molecule has 0 saturated heterocycles. The molecule has 0 unspecified atom stereocenters. The number of carboxylic acid groups (broad SMARTS) is 1. The quantitative estimate of drug-likeness (QED) is 0.0401. The number of hydrogen-bond acceptors (Lipinski definition) is 12. The van der Waals surface area contributed by atoms with Crippen LogP contribution in [0.25, 0.3) is 0 Å². The number of carboxylic acids is 1. The molecule has 2 aromatic carbocycles. The number of esters is 2. The summed E-state index contributed by atoms with van der Waals surface area (Å²) >= 11 is 0. The van der Waals surface area contributed by atoms with Crippen molar-refractivity contribution < 1.29 is 62.3 Å². The smallest absolute Gasteiger partial charge is 0.328 e. The van der Waals surface area contributed by atoms with E-state index in [1.54, 1.807) is 0 Å². The van der Waals surface area contributed by atoms with Crippen LogP contribution in [-0.4, -0.2) is 113 Å². The molecule has 1 atom stereocenters. The van der Waals surface area contributed by atoms with Crippen molar-refractivity contribution in [2.45, 2.75) is 141 Å². The molecule has 2 aromatic rings. The largest absolute Gasteiger partial charge is 0.481 e. The van der Waals surface area contributed by atoms with Crippen molar-refractivity contribution in [2.75, 3.05) is 65.9 Å². The van der Waals surface area contributed by atoms with Crippen LogP contribution in [0.15, 0.2) is 60.7 Å². The van der Waals surface area contributed by atoms with E-state index in [0.717, 1.165) is 56.1 Å². The summed E-state index contributed by atoms with van der Waals surface area (Å²) in [4.78, 5) is 72.8. The Morgan fingerprint density at radius 2 is 0.909 bits per heavy atom. The SMILES string of the molecule is O=C(O)CCOCCOCCNC(=O)COCCOCCNC(=O)CC[C@H](NC(=O)CCCCCCCCCCCCCCCCC(=O)OCc1ccccc1)C(=O)OCc1ccccc1. The standard InChI is InChI=1S/C50H77N3O13/c54-45(51-30-33-63-37-38-64-41-47(56)52-31-34-62-36-35-61-32-29-48(57)58)28-27-44(50(60)66-40-43-23-17-14-18-24-43)53-46(55)25-19-11-9-7-5-3-1-2-4-6-8-10-12-20-26-49(59)65-39-42-21-15-13-16-22-42/h13-18,21-24,44H,1-12,19-20,25-41H2,(H,51,54)(H,52,56)(H,53,55)(H,57,58)/t44-/m0/s1. The van der Waals surface area contributed by atoms with Gasteiger partial charge in [0.25, 0.3) is 0 Å². The number of unbranched alkanes of at least 4 members (excludes halogenated alkanes) is 13. The molecule has 370 valence electrons. The zero-order valence-electron chi connectivity index (χ0n) is 39.1. The average molecular weight is 928 g/mol. The first-order valence-corrected chi connectivity index (χ1v) is 24.0. The highest BCUT2D eigenvalue weighted by Gasteiger charge is 2.23. The number of amides is 3. The first-order chi connectivity index (χ1) is 32.2. The van der Waals surface area contributed by atoms with Gasteiger partial charge in [-0.05, 0) is 30.4 Å². The lowest BCUT2D eigenvalue weighted by molar-refractivity contribution is -0.149. The predicted octanol–water partition coefficient (Wildman–Crippen LogP) is 6.75. The molecule has 3 amide bonds. The fourth-order valence-electron chi connectivity index (χ4n) is 6.64. The van der Waals surface area contributed by atoms with Crippen LogP contribution in [0.5, 0.6) is 0 Å². The van der Waals surface area contributed by atoms with Gasteiger partial charge in [0.05, 0.1) is 52.7 Å². The maximum atomic E-state index is 13.1. The van der Waals surface area contributed by atoms with Gasteiger partial charge in [-0.3, -0.25) is 24.0 Å². The summed E-state index contributed by atoms with van der Waals surface area (Å²) in [6, 6.07) is 18.0. The van der Waals surface area contributed by atoms with Gasteiger partial charge in [0, 0.05) is 32.4 Å². The van der Waals surface area contributed by atoms with Crippen molar-refractivity contribution in [3.8, 4) is 0 Å². The van der Waals surface area contributed by atoms with Crippen LogP contribution in [0.1, 0.15) is 133 Å². The molecular formula is C50H77N3O13. The maximum Gasteiger partial charge on any atom is 0.328 e. The Labute approximate surface area is 391 Å². The first-order valence-electron chi connectivity index (χ1n) is 24.0. The number of carbonyl (C=O) groups excluding carboxylic acids is 5. The molecule has 16 nitrogen and oxygen atoms in total. The van der Waals surface area contributed by atoms with Gasteiger partial charge in [0.2, 0.25) is 17.7 Å².